The number of hydrogen-bond donors (Lipinski definition) is 5. The monoisotopic (exact) mass is 440 g/mol. The van der Waals surface area contributed by atoms with Crippen LogP contribution in [0.5, 0.6) is 5.75 Å². The Morgan fingerprint density at radius 3 is 2.50 bits per heavy atom. The molecule has 2 aliphatic rings. The maximum absolute atomic E-state index is 11.6. The number of benzene rings is 2. The zero-order valence-corrected chi connectivity index (χ0v) is 17.9. The van der Waals surface area contributed by atoms with Gasteiger partial charge in [-0.05, 0) is 67.3 Å². The summed E-state index contributed by atoms with van der Waals surface area (Å²) in [7, 11) is 0. The lowest BCUT2D eigenvalue weighted by atomic mass is 10.0. The van der Waals surface area contributed by atoms with Gasteiger partial charge in [0.15, 0.2) is 0 Å². The van der Waals surface area contributed by atoms with Gasteiger partial charge >= 0.3 is 6.09 Å². The summed E-state index contributed by atoms with van der Waals surface area (Å²) in [5.74, 6) is -0.267. The van der Waals surface area contributed by atoms with Crippen LogP contribution in [-0.4, -0.2) is 54.1 Å². The molecular weight excluding hydrogens is 412 g/mol. The molecule has 9 heteroatoms. The number of amides is 2. The molecule has 0 radical (unpaired) electrons. The van der Waals surface area contributed by atoms with Gasteiger partial charge in [0.05, 0.1) is 6.10 Å². The SMILES string of the molecule is Cc1cc([C@@H](O)CNC2CCN(c3ccc(NC4OC(=O)NC4=O)cc3)CC2)ccc1O. The first-order valence-electron chi connectivity index (χ1n) is 10.7. The van der Waals surface area contributed by atoms with Gasteiger partial charge in [0.2, 0.25) is 0 Å². The summed E-state index contributed by atoms with van der Waals surface area (Å²) < 4.78 is 4.86. The van der Waals surface area contributed by atoms with E-state index in [0.717, 1.165) is 42.7 Å². The zero-order chi connectivity index (χ0) is 22.7. The zero-order valence-electron chi connectivity index (χ0n) is 17.9. The van der Waals surface area contributed by atoms with Crippen LogP contribution in [0.15, 0.2) is 42.5 Å². The van der Waals surface area contributed by atoms with E-state index in [1.165, 1.54) is 0 Å². The van der Waals surface area contributed by atoms with E-state index >= 15 is 0 Å². The van der Waals surface area contributed by atoms with E-state index < -0.39 is 24.3 Å². The Morgan fingerprint density at radius 1 is 1.16 bits per heavy atom. The quantitative estimate of drug-likeness (QED) is 0.443. The van der Waals surface area contributed by atoms with Crippen molar-refractivity contribution >= 4 is 23.4 Å². The van der Waals surface area contributed by atoms with Gasteiger partial charge in [-0.2, -0.15) is 0 Å². The van der Waals surface area contributed by atoms with Crippen molar-refractivity contribution in [3.05, 3.63) is 53.6 Å². The summed E-state index contributed by atoms with van der Waals surface area (Å²) in [5.41, 5.74) is 3.33. The van der Waals surface area contributed by atoms with Crippen molar-refractivity contribution < 1.29 is 24.5 Å². The minimum Gasteiger partial charge on any atom is -0.508 e. The van der Waals surface area contributed by atoms with Gasteiger partial charge in [-0.15, -0.1) is 0 Å². The third-order valence-electron chi connectivity index (χ3n) is 5.92. The minimum atomic E-state index is -1.00. The molecule has 2 amide bonds. The van der Waals surface area contributed by atoms with Gasteiger partial charge < -0.3 is 30.5 Å². The minimum absolute atomic E-state index is 0.234. The van der Waals surface area contributed by atoms with E-state index in [0.29, 0.717) is 18.3 Å². The molecule has 2 atom stereocenters. The number of anilines is 2. The van der Waals surface area contributed by atoms with Crippen molar-refractivity contribution in [2.45, 2.75) is 38.1 Å². The Bertz CT molecular complexity index is 973. The molecule has 4 rings (SSSR count). The Balaban J connectivity index is 1.23. The highest BCUT2D eigenvalue weighted by Gasteiger charge is 2.32. The number of alkyl carbamates (subject to hydrolysis) is 1. The van der Waals surface area contributed by atoms with Gasteiger partial charge in [0, 0.05) is 37.1 Å². The fraction of sp³-hybridized carbons (Fsp3) is 0.391. The Morgan fingerprint density at radius 2 is 1.88 bits per heavy atom. The van der Waals surface area contributed by atoms with Crippen LogP contribution in [0.1, 0.15) is 30.1 Å². The van der Waals surface area contributed by atoms with Crippen LogP contribution in [0, 0.1) is 6.92 Å². The van der Waals surface area contributed by atoms with Gasteiger partial charge in [0.1, 0.15) is 5.75 Å². The number of nitrogens with one attached hydrogen (secondary N) is 3. The standard InChI is InChI=1S/C23H28N4O5/c1-14-12-15(2-7-19(14)28)20(29)13-24-16-8-10-27(11-9-16)18-5-3-17(4-6-18)25-22-21(30)26-23(31)32-22/h2-7,12,16,20,22,24-25,28-29H,8-11,13H2,1H3,(H,26,30,31)/t20-,22?/m0/s1. The van der Waals surface area contributed by atoms with Crippen LogP contribution in [-0.2, 0) is 9.53 Å². The molecule has 2 aromatic carbocycles. The van der Waals surface area contributed by atoms with Crippen molar-refractivity contribution in [1.82, 2.24) is 10.6 Å². The third kappa shape index (κ3) is 5.12. The predicted molar refractivity (Wildman–Crippen MR) is 120 cm³/mol. The van der Waals surface area contributed by atoms with E-state index in [4.69, 9.17) is 4.74 Å². The molecule has 9 nitrogen and oxygen atoms in total. The lowest BCUT2D eigenvalue weighted by Gasteiger charge is -2.34. The maximum atomic E-state index is 11.6. The molecule has 5 N–H and O–H groups in total. The van der Waals surface area contributed by atoms with Gasteiger partial charge in [0.25, 0.3) is 12.1 Å². The summed E-state index contributed by atoms with van der Waals surface area (Å²) in [6.07, 6.45) is -0.449. The number of carbonyl (C=O) groups excluding carboxylic acids is 2. The molecular formula is C23H28N4O5. The van der Waals surface area contributed by atoms with Crippen molar-refractivity contribution in [2.75, 3.05) is 29.9 Å². The summed E-state index contributed by atoms with van der Waals surface area (Å²) in [6.45, 7) is 4.06. The molecule has 0 aliphatic carbocycles. The summed E-state index contributed by atoms with van der Waals surface area (Å²) in [6, 6.07) is 13.2. The van der Waals surface area contributed by atoms with Gasteiger partial charge in [-0.3, -0.25) is 10.1 Å². The molecule has 2 aromatic rings. The number of phenols is 1. The first kappa shape index (κ1) is 21.9. The number of nitrogens with zero attached hydrogens (tertiary/aromatic N) is 1. The maximum Gasteiger partial charge on any atom is 0.416 e. The number of aryl methyl sites for hydroxylation is 1. The molecule has 2 saturated heterocycles. The number of rotatable bonds is 7. The van der Waals surface area contributed by atoms with Crippen LogP contribution in [0.25, 0.3) is 0 Å². The second-order valence-corrected chi connectivity index (χ2v) is 8.20. The van der Waals surface area contributed by atoms with E-state index in [9.17, 15) is 19.8 Å². The molecule has 32 heavy (non-hydrogen) atoms. The van der Waals surface area contributed by atoms with E-state index in [1.54, 1.807) is 12.1 Å². The number of phenolic OH excluding ortho intramolecular Hbond substituents is 1. The van der Waals surface area contributed by atoms with Crippen LogP contribution in [0.3, 0.4) is 0 Å². The molecule has 0 aromatic heterocycles. The van der Waals surface area contributed by atoms with E-state index in [1.807, 2.05) is 37.3 Å². The molecule has 1 unspecified atom stereocenters. The fourth-order valence-electron chi connectivity index (χ4n) is 3.99. The number of cyclic esters (lactones) is 1. The summed E-state index contributed by atoms with van der Waals surface area (Å²) in [4.78, 5) is 25.0. The number of carbonyl (C=O) groups is 2. The topological polar surface area (TPSA) is 123 Å². The van der Waals surface area contributed by atoms with Crippen LogP contribution < -0.4 is 20.9 Å². The van der Waals surface area contributed by atoms with Crippen LogP contribution in [0.2, 0.25) is 0 Å². The van der Waals surface area contributed by atoms with Crippen LogP contribution in [0.4, 0.5) is 16.2 Å². The third-order valence-corrected chi connectivity index (χ3v) is 5.92. The molecule has 0 spiro atoms. The number of imide groups is 1. The number of hydrogen-bond acceptors (Lipinski definition) is 8. The molecule has 2 heterocycles. The molecule has 170 valence electrons. The highest BCUT2D eigenvalue weighted by atomic mass is 16.6. The van der Waals surface area contributed by atoms with Crippen molar-refractivity contribution in [3.63, 3.8) is 0 Å². The highest BCUT2D eigenvalue weighted by Crippen LogP contribution is 2.24. The summed E-state index contributed by atoms with van der Waals surface area (Å²) in [5, 5.41) is 28.5. The first-order chi connectivity index (χ1) is 15.4. The van der Waals surface area contributed by atoms with Gasteiger partial charge in [-0.1, -0.05) is 6.07 Å². The van der Waals surface area contributed by atoms with Crippen molar-refractivity contribution in [3.8, 4) is 5.75 Å². The Labute approximate surface area is 186 Å². The second-order valence-electron chi connectivity index (χ2n) is 8.20. The Kier molecular flexibility index (Phi) is 6.48. The number of aliphatic hydroxyl groups is 1. The lowest BCUT2D eigenvalue weighted by molar-refractivity contribution is -0.122. The largest absolute Gasteiger partial charge is 0.508 e. The number of piperidine rings is 1. The molecule has 2 aliphatic heterocycles. The lowest BCUT2D eigenvalue weighted by Crippen LogP contribution is -2.43. The normalized spacial score (nSPS) is 20.1. The number of aromatic hydroxyl groups is 1. The number of ether oxygens (including phenoxy) is 1. The van der Waals surface area contributed by atoms with Crippen molar-refractivity contribution in [2.24, 2.45) is 0 Å². The van der Waals surface area contributed by atoms with Gasteiger partial charge in [-0.25, -0.2) is 4.79 Å². The Hall–Kier alpha value is -3.30. The predicted octanol–water partition coefficient (Wildman–Crippen LogP) is 2.00. The average Bonchev–Trinajstić information content (AvgIpc) is 3.11. The molecule has 0 saturated carbocycles. The molecule has 0 bridgehead atoms. The fourth-order valence-corrected chi connectivity index (χ4v) is 3.99. The smallest absolute Gasteiger partial charge is 0.416 e. The first-order valence-corrected chi connectivity index (χ1v) is 10.7. The van der Waals surface area contributed by atoms with Crippen LogP contribution >= 0.6 is 0 Å². The average molecular weight is 441 g/mol. The summed E-state index contributed by atoms with van der Waals surface area (Å²) >= 11 is 0. The highest BCUT2D eigenvalue weighted by molar-refractivity contribution is 6.01. The second kappa shape index (κ2) is 9.46. The molecule has 2 fully saturated rings. The number of aliphatic hydroxyl groups excluding tert-OH is 1. The van der Waals surface area contributed by atoms with Crippen molar-refractivity contribution in [1.29, 1.82) is 0 Å². The van der Waals surface area contributed by atoms with E-state index in [-0.39, 0.29) is 5.75 Å². The van der Waals surface area contributed by atoms with E-state index in [2.05, 4.69) is 20.9 Å².